The summed E-state index contributed by atoms with van der Waals surface area (Å²) in [6.45, 7) is 6.34. The van der Waals surface area contributed by atoms with Gasteiger partial charge in [-0.25, -0.2) is 9.97 Å². The molecule has 1 aromatic carbocycles. The lowest BCUT2D eigenvalue weighted by molar-refractivity contribution is -0.0400. The van der Waals surface area contributed by atoms with Crippen molar-refractivity contribution in [1.29, 1.82) is 0 Å². The van der Waals surface area contributed by atoms with Crippen LogP contribution in [0.1, 0.15) is 16.8 Å². The second kappa shape index (κ2) is 8.47. The van der Waals surface area contributed by atoms with Crippen LogP contribution >= 0.6 is 11.6 Å². The monoisotopic (exact) mass is 363 g/mol. The van der Waals surface area contributed by atoms with E-state index in [1.165, 1.54) is 11.9 Å². The molecule has 134 valence electrons. The summed E-state index contributed by atoms with van der Waals surface area (Å²) in [6.07, 6.45) is 2.12. The third-order valence-electron chi connectivity index (χ3n) is 3.95. The van der Waals surface area contributed by atoms with Gasteiger partial charge in [-0.2, -0.15) is 0 Å². The molecule has 0 radical (unpaired) electrons. The van der Waals surface area contributed by atoms with Crippen LogP contribution in [-0.4, -0.2) is 42.6 Å². The lowest BCUT2D eigenvalue weighted by Crippen LogP contribution is -2.14. The molecule has 6 nitrogen and oxygen atoms in total. The molecule has 0 unspecified atom stereocenters. The van der Waals surface area contributed by atoms with Crippen LogP contribution in [-0.2, 0) is 15.9 Å². The molecule has 1 aliphatic rings. The zero-order valence-corrected chi connectivity index (χ0v) is 15.2. The average Bonchev–Trinajstić information content (AvgIpc) is 3.10. The van der Waals surface area contributed by atoms with Gasteiger partial charge in [-0.15, -0.1) is 0 Å². The summed E-state index contributed by atoms with van der Waals surface area (Å²) in [5.41, 5.74) is 3.02. The summed E-state index contributed by atoms with van der Waals surface area (Å²) < 4.78 is 16.8. The van der Waals surface area contributed by atoms with E-state index in [0.29, 0.717) is 37.2 Å². The molecule has 1 N–H and O–H groups in total. The number of nitrogens with zero attached hydrogens (tertiary/aromatic N) is 2. The number of benzene rings is 1. The molecule has 1 aliphatic heterocycles. The first-order chi connectivity index (χ1) is 12.1. The Morgan fingerprint density at radius 3 is 2.80 bits per heavy atom. The molecule has 2 heterocycles. The Balaban J connectivity index is 1.48. The Hall–Kier alpha value is -1.89. The number of hydrogen-bond donors (Lipinski definition) is 1. The zero-order chi connectivity index (χ0) is 17.6. The summed E-state index contributed by atoms with van der Waals surface area (Å²) in [5.74, 6) is 1.49. The van der Waals surface area contributed by atoms with Gasteiger partial charge in [0.15, 0.2) is 6.29 Å². The van der Waals surface area contributed by atoms with E-state index in [0.717, 1.165) is 23.4 Å². The van der Waals surface area contributed by atoms with Crippen molar-refractivity contribution >= 4 is 17.4 Å². The maximum absolute atomic E-state index is 6.15. The molecule has 0 saturated carbocycles. The van der Waals surface area contributed by atoms with Crippen molar-refractivity contribution in [3.8, 4) is 5.75 Å². The fourth-order valence-corrected chi connectivity index (χ4v) is 2.79. The van der Waals surface area contributed by atoms with Crippen molar-refractivity contribution in [3.63, 3.8) is 0 Å². The van der Waals surface area contributed by atoms with E-state index >= 15 is 0 Å². The predicted octanol–water partition coefficient (Wildman–Crippen LogP) is 3.15. The van der Waals surface area contributed by atoms with E-state index in [1.807, 2.05) is 26.0 Å². The second-order valence-electron chi connectivity index (χ2n) is 5.87. The van der Waals surface area contributed by atoms with Gasteiger partial charge in [-0.1, -0.05) is 23.7 Å². The molecular formula is C18H22ClN3O3. The minimum absolute atomic E-state index is 0.128. The molecule has 2 aromatic rings. The van der Waals surface area contributed by atoms with E-state index in [2.05, 4.69) is 21.4 Å². The first-order valence-corrected chi connectivity index (χ1v) is 8.68. The van der Waals surface area contributed by atoms with Gasteiger partial charge in [-0.05, 0) is 31.0 Å². The Labute approximate surface area is 152 Å². The number of hydrogen-bond acceptors (Lipinski definition) is 6. The molecule has 25 heavy (non-hydrogen) atoms. The molecular weight excluding hydrogens is 342 g/mol. The third-order valence-corrected chi connectivity index (χ3v) is 4.40. The summed E-state index contributed by atoms with van der Waals surface area (Å²) in [5, 5.41) is 3.70. The number of anilines is 1. The van der Waals surface area contributed by atoms with E-state index in [9.17, 15) is 0 Å². The largest absolute Gasteiger partial charge is 0.491 e. The Morgan fingerprint density at radius 2 is 2.04 bits per heavy atom. The van der Waals surface area contributed by atoms with Gasteiger partial charge < -0.3 is 19.5 Å². The van der Waals surface area contributed by atoms with Gasteiger partial charge >= 0.3 is 0 Å². The molecule has 0 atom stereocenters. The maximum atomic E-state index is 6.15. The Kier molecular flexibility index (Phi) is 6.07. The Bertz CT molecular complexity index is 721. The standard InChI is InChI=1S/C18H22ClN3O3/c1-12-9-14(10-16-24-7-8-25-16)3-4-15(12)23-6-5-20-18-17(19)13(2)21-11-22-18/h3-4,9,11,16H,5-8,10H2,1-2H3,(H,20,21,22). The van der Waals surface area contributed by atoms with Crippen molar-refractivity contribution in [2.24, 2.45) is 0 Å². The highest BCUT2D eigenvalue weighted by Gasteiger charge is 2.16. The number of aryl methyl sites for hydroxylation is 2. The first-order valence-electron chi connectivity index (χ1n) is 8.30. The molecule has 0 bridgehead atoms. The maximum Gasteiger partial charge on any atom is 0.161 e. The summed E-state index contributed by atoms with van der Waals surface area (Å²) >= 11 is 6.15. The summed E-state index contributed by atoms with van der Waals surface area (Å²) in [7, 11) is 0. The van der Waals surface area contributed by atoms with Gasteiger partial charge in [0.25, 0.3) is 0 Å². The van der Waals surface area contributed by atoms with Gasteiger partial charge in [0.1, 0.15) is 29.5 Å². The van der Waals surface area contributed by atoms with Gasteiger partial charge in [0.2, 0.25) is 0 Å². The lowest BCUT2D eigenvalue weighted by Gasteiger charge is -2.13. The average molecular weight is 364 g/mol. The zero-order valence-electron chi connectivity index (χ0n) is 14.4. The van der Waals surface area contributed by atoms with Gasteiger partial charge in [-0.3, -0.25) is 0 Å². The summed E-state index contributed by atoms with van der Waals surface area (Å²) in [6, 6.07) is 6.14. The number of nitrogens with one attached hydrogen (secondary N) is 1. The predicted molar refractivity (Wildman–Crippen MR) is 96.3 cm³/mol. The third kappa shape index (κ3) is 4.81. The topological polar surface area (TPSA) is 65.5 Å². The van der Waals surface area contributed by atoms with Crippen molar-refractivity contribution in [3.05, 3.63) is 46.4 Å². The van der Waals surface area contributed by atoms with E-state index in [4.69, 9.17) is 25.8 Å². The smallest absolute Gasteiger partial charge is 0.161 e. The molecule has 1 aromatic heterocycles. The van der Waals surface area contributed by atoms with Crippen LogP contribution in [0.4, 0.5) is 5.82 Å². The van der Waals surface area contributed by atoms with Crippen molar-refractivity contribution < 1.29 is 14.2 Å². The Morgan fingerprint density at radius 1 is 1.24 bits per heavy atom. The van der Waals surface area contributed by atoms with Gasteiger partial charge in [0, 0.05) is 6.42 Å². The number of halogens is 1. The van der Waals surface area contributed by atoms with Crippen molar-refractivity contribution in [1.82, 2.24) is 9.97 Å². The molecule has 7 heteroatoms. The molecule has 0 spiro atoms. The first kappa shape index (κ1) is 17.9. The van der Waals surface area contributed by atoms with Crippen LogP contribution in [0, 0.1) is 13.8 Å². The van der Waals surface area contributed by atoms with Crippen molar-refractivity contribution in [2.75, 3.05) is 31.7 Å². The van der Waals surface area contributed by atoms with Crippen LogP contribution in [0.25, 0.3) is 0 Å². The minimum Gasteiger partial charge on any atom is -0.491 e. The SMILES string of the molecule is Cc1cc(CC2OCCO2)ccc1OCCNc1ncnc(C)c1Cl. The fraction of sp³-hybridized carbons (Fsp3) is 0.444. The molecule has 1 saturated heterocycles. The molecule has 3 rings (SSSR count). The molecule has 1 fully saturated rings. The van der Waals surface area contributed by atoms with E-state index in [-0.39, 0.29) is 6.29 Å². The number of rotatable bonds is 7. The lowest BCUT2D eigenvalue weighted by atomic mass is 10.1. The van der Waals surface area contributed by atoms with Crippen molar-refractivity contribution in [2.45, 2.75) is 26.6 Å². The summed E-state index contributed by atoms with van der Waals surface area (Å²) in [4.78, 5) is 8.17. The van der Waals surface area contributed by atoms with Crippen LogP contribution in [0.5, 0.6) is 5.75 Å². The van der Waals surface area contributed by atoms with Crippen LogP contribution in [0.3, 0.4) is 0 Å². The van der Waals surface area contributed by atoms with E-state index < -0.39 is 0 Å². The highest BCUT2D eigenvalue weighted by molar-refractivity contribution is 6.33. The highest BCUT2D eigenvalue weighted by Crippen LogP contribution is 2.22. The fourth-order valence-electron chi connectivity index (χ4n) is 2.63. The quantitative estimate of drug-likeness (QED) is 0.762. The van der Waals surface area contributed by atoms with E-state index in [1.54, 1.807) is 0 Å². The van der Waals surface area contributed by atoms with Crippen LogP contribution in [0.15, 0.2) is 24.5 Å². The molecule has 0 amide bonds. The second-order valence-corrected chi connectivity index (χ2v) is 6.25. The van der Waals surface area contributed by atoms with Gasteiger partial charge in [0.05, 0.1) is 25.5 Å². The molecule has 0 aliphatic carbocycles. The highest BCUT2D eigenvalue weighted by atomic mass is 35.5. The number of aromatic nitrogens is 2. The van der Waals surface area contributed by atoms with Crippen LogP contribution < -0.4 is 10.1 Å². The normalized spacial score (nSPS) is 14.7. The number of ether oxygens (including phenoxy) is 3. The minimum atomic E-state index is -0.128. The van der Waals surface area contributed by atoms with Crippen LogP contribution in [0.2, 0.25) is 5.02 Å².